The van der Waals surface area contributed by atoms with E-state index < -0.39 is 0 Å². The summed E-state index contributed by atoms with van der Waals surface area (Å²) in [6, 6.07) is 0.698. The van der Waals surface area contributed by atoms with E-state index in [0.29, 0.717) is 11.9 Å². The van der Waals surface area contributed by atoms with Crippen LogP contribution in [0, 0.1) is 5.92 Å². The number of allylic oxidation sites excluding steroid dienone is 1. The van der Waals surface area contributed by atoms with Gasteiger partial charge in [-0.25, -0.2) is 0 Å². The van der Waals surface area contributed by atoms with Crippen LogP contribution in [0.4, 0.5) is 0 Å². The molecule has 2 fully saturated rings. The maximum absolute atomic E-state index is 12.6. The van der Waals surface area contributed by atoms with Crippen LogP contribution in [-0.2, 0) is 4.79 Å². The SMILES string of the molecule is CN1CCC(N2CCCC(C(=O)NCCC3=CCCCC3)C2)CC1. The normalized spacial score (nSPS) is 27.7. The molecule has 1 amide bonds. The second-order valence-corrected chi connectivity index (χ2v) is 8.02. The summed E-state index contributed by atoms with van der Waals surface area (Å²) in [6.07, 6.45) is 13.3. The van der Waals surface area contributed by atoms with Crippen LogP contribution in [0.1, 0.15) is 57.8 Å². The van der Waals surface area contributed by atoms with E-state index in [1.807, 2.05) is 0 Å². The lowest BCUT2D eigenvalue weighted by Gasteiger charge is -2.41. The summed E-state index contributed by atoms with van der Waals surface area (Å²) in [5.41, 5.74) is 1.55. The lowest BCUT2D eigenvalue weighted by Crippen LogP contribution is -2.50. The summed E-state index contributed by atoms with van der Waals surface area (Å²) < 4.78 is 0. The Morgan fingerprint density at radius 1 is 1.17 bits per heavy atom. The standard InChI is InChI=1S/C20H35N3O/c1-22-14-10-19(11-15-22)23-13-5-8-18(16-23)20(24)21-12-9-17-6-3-2-4-7-17/h6,18-19H,2-5,7-16H2,1H3,(H,21,24). The second kappa shape index (κ2) is 9.00. The van der Waals surface area contributed by atoms with Crippen LogP contribution < -0.4 is 5.32 Å². The highest BCUT2D eigenvalue weighted by atomic mass is 16.1. The molecule has 0 aromatic rings. The highest BCUT2D eigenvalue weighted by molar-refractivity contribution is 5.79. The Labute approximate surface area is 147 Å². The van der Waals surface area contributed by atoms with Crippen LogP contribution in [0.25, 0.3) is 0 Å². The Balaban J connectivity index is 1.40. The lowest BCUT2D eigenvalue weighted by molar-refractivity contribution is -0.127. The number of hydrogen-bond donors (Lipinski definition) is 1. The molecule has 1 unspecified atom stereocenters. The minimum absolute atomic E-state index is 0.207. The van der Waals surface area contributed by atoms with Crippen molar-refractivity contribution in [2.45, 2.75) is 63.8 Å². The number of nitrogens with one attached hydrogen (secondary N) is 1. The monoisotopic (exact) mass is 333 g/mol. The molecule has 3 rings (SSSR count). The van der Waals surface area contributed by atoms with E-state index in [1.54, 1.807) is 5.57 Å². The average Bonchev–Trinajstić information content (AvgIpc) is 2.63. The number of rotatable bonds is 5. The number of likely N-dealkylation sites (tertiary alicyclic amines) is 2. The molecule has 1 atom stereocenters. The molecule has 0 aromatic carbocycles. The lowest BCUT2D eigenvalue weighted by atomic mass is 9.93. The molecule has 2 heterocycles. The fourth-order valence-corrected chi connectivity index (χ4v) is 4.53. The van der Waals surface area contributed by atoms with Gasteiger partial charge in [-0.05, 0) is 84.5 Å². The average molecular weight is 334 g/mol. The molecule has 0 saturated carbocycles. The first-order chi connectivity index (χ1) is 11.7. The summed E-state index contributed by atoms with van der Waals surface area (Å²) in [4.78, 5) is 17.6. The van der Waals surface area contributed by atoms with Crippen molar-refractivity contribution < 1.29 is 4.79 Å². The summed E-state index contributed by atoms with van der Waals surface area (Å²) in [5, 5.41) is 3.22. The van der Waals surface area contributed by atoms with Gasteiger partial charge in [0.1, 0.15) is 0 Å². The molecule has 0 aromatic heterocycles. The number of nitrogens with zero attached hydrogens (tertiary/aromatic N) is 2. The molecule has 1 aliphatic carbocycles. The Morgan fingerprint density at radius 3 is 2.75 bits per heavy atom. The number of piperidine rings is 2. The van der Waals surface area contributed by atoms with Crippen molar-refractivity contribution in [2.24, 2.45) is 5.92 Å². The van der Waals surface area contributed by atoms with Gasteiger partial charge >= 0.3 is 0 Å². The van der Waals surface area contributed by atoms with E-state index in [9.17, 15) is 4.79 Å². The number of carbonyl (C=O) groups excluding carboxylic acids is 1. The molecule has 4 heteroatoms. The van der Waals surface area contributed by atoms with Gasteiger partial charge in [0.2, 0.25) is 5.91 Å². The highest BCUT2D eigenvalue weighted by Crippen LogP contribution is 2.24. The predicted octanol–water partition coefficient (Wildman–Crippen LogP) is 2.80. The van der Waals surface area contributed by atoms with E-state index >= 15 is 0 Å². The molecule has 0 bridgehead atoms. The smallest absolute Gasteiger partial charge is 0.224 e. The van der Waals surface area contributed by atoms with Crippen LogP contribution in [0.3, 0.4) is 0 Å². The maximum Gasteiger partial charge on any atom is 0.224 e. The van der Waals surface area contributed by atoms with E-state index in [1.165, 1.54) is 64.6 Å². The van der Waals surface area contributed by atoms with E-state index in [0.717, 1.165) is 25.9 Å². The summed E-state index contributed by atoms with van der Waals surface area (Å²) >= 11 is 0. The Kier molecular flexibility index (Phi) is 6.73. The van der Waals surface area contributed by atoms with Gasteiger partial charge in [-0.3, -0.25) is 9.69 Å². The molecule has 2 saturated heterocycles. The molecule has 24 heavy (non-hydrogen) atoms. The third-order valence-electron chi connectivity index (χ3n) is 6.16. The zero-order valence-corrected chi connectivity index (χ0v) is 15.4. The van der Waals surface area contributed by atoms with Gasteiger partial charge in [0.05, 0.1) is 5.92 Å². The Bertz CT molecular complexity index is 440. The third-order valence-corrected chi connectivity index (χ3v) is 6.16. The first-order valence-corrected chi connectivity index (χ1v) is 10.1. The largest absolute Gasteiger partial charge is 0.356 e. The molecule has 136 valence electrons. The molecule has 4 nitrogen and oxygen atoms in total. The van der Waals surface area contributed by atoms with Gasteiger partial charge in [-0.1, -0.05) is 11.6 Å². The van der Waals surface area contributed by atoms with Crippen molar-refractivity contribution >= 4 is 5.91 Å². The number of hydrogen-bond acceptors (Lipinski definition) is 3. The van der Waals surface area contributed by atoms with E-state index in [4.69, 9.17) is 0 Å². The van der Waals surface area contributed by atoms with E-state index in [2.05, 4.69) is 28.2 Å². The van der Waals surface area contributed by atoms with Crippen molar-refractivity contribution in [1.82, 2.24) is 15.1 Å². The quantitative estimate of drug-likeness (QED) is 0.786. The fourth-order valence-electron chi connectivity index (χ4n) is 4.53. The van der Waals surface area contributed by atoms with Gasteiger partial charge in [-0.2, -0.15) is 0 Å². The summed E-state index contributed by atoms with van der Waals surface area (Å²) in [7, 11) is 2.21. The predicted molar refractivity (Wildman–Crippen MR) is 99.0 cm³/mol. The molecular formula is C20H35N3O. The number of amides is 1. The molecule has 0 radical (unpaired) electrons. The van der Waals surface area contributed by atoms with Crippen molar-refractivity contribution in [3.05, 3.63) is 11.6 Å². The third kappa shape index (κ3) is 5.06. The number of carbonyl (C=O) groups is 1. The molecule has 1 N–H and O–H groups in total. The minimum atomic E-state index is 0.207. The van der Waals surface area contributed by atoms with Gasteiger partial charge in [0, 0.05) is 19.1 Å². The van der Waals surface area contributed by atoms with Crippen molar-refractivity contribution in [1.29, 1.82) is 0 Å². The summed E-state index contributed by atoms with van der Waals surface area (Å²) in [6.45, 7) is 5.39. The van der Waals surface area contributed by atoms with Gasteiger partial charge in [0.15, 0.2) is 0 Å². The van der Waals surface area contributed by atoms with Crippen LogP contribution in [-0.4, -0.2) is 61.5 Å². The Hall–Kier alpha value is -0.870. The van der Waals surface area contributed by atoms with Crippen LogP contribution in [0.15, 0.2) is 11.6 Å². The Morgan fingerprint density at radius 2 is 2.00 bits per heavy atom. The highest BCUT2D eigenvalue weighted by Gasteiger charge is 2.30. The van der Waals surface area contributed by atoms with Crippen molar-refractivity contribution in [3.63, 3.8) is 0 Å². The van der Waals surface area contributed by atoms with Gasteiger partial charge < -0.3 is 10.2 Å². The van der Waals surface area contributed by atoms with E-state index in [-0.39, 0.29) is 5.92 Å². The van der Waals surface area contributed by atoms with Crippen LogP contribution in [0.5, 0.6) is 0 Å². The van der Waals surface area contributed by atoms with Crippen molar-refractivity contribution in [3.8, 4) is 0 Å². The zero-order valence-electron chi connectivity index (χ0n) is 15.4. The summed E-state index contributed by atoms with van der Waals surface area (Å²) in [5.74, 6) is 0.503. The molecule has 0 spiro atoms. The topological polar surface area (TPSA) is 35.6 Å². The first-order valence-electron chi connectivity index (χ1n) is 10.1. The zero-order chi connectivity index (χ0) is 16.8. The van der Waals surface area contributed by atoms with Gasteiger partial charge in [-0.15, -0.1) is 0 Å². The van der Waals surface area contributed by atoms with Crippen LogP contribution >= 0.6 is 0 Å². The van der Waals surface area contributed by atoms with Crippen LogP contribution in [0.2, 0.25) is 0 Å². The van der Waals surface area contributed by atoms with Gasteiger partial charge in [0.25, 0.3) is 0 Å². The molecule has 3 aliphatic rings. The first kappa shape index (κ1) is 17.9. The molecule has 2 aliphatic heterocycles. The second-order valence-electron chi connectivity index (χ2n) is 8.02. The fraction of sp³-hybridized carbons (Fsp3) is 0.850. The van der Waals surface area contributed by atoms with Crippen molar-refractivity contribution in [2.75, 3.05) is 39.8 Å². The maximum atomic E-state index is 12.6. The molecular weight excluding hydrogens is 298 g/mol. The minimum Gasteiger partial charge on any atom is -0.356 e.